The number of ether oxygens (including phenoxy) is 1. The molecule has 4 rings (SSSR count). The summed E-state index contributed by atoms with van der Waals surface area (Å²) in [6.07, 6.45) is 3.26. The molecular formula is C26H29BN2O4. The number of nitrogens with zero attached hydrogens (tertiary/aromatic N) is 1. The third-order valence-electron chi connectivity index (χ3n) is 6.17. The van der Waals surface area contributed by atoms with E-state index in [0.717, 1.165) is 27.5 Å². The molecule has 0 radical (unpaired) electrons. The fraction of sp³-hybridized carbons (Fsp3) is 0.308. The van der Waals surface area contributed by atoms with Crippen LogP contribution in [0.25, 0.3) is 17.0 Å². The molecule has 33 heavy (non-hydrogen) atoms. The highest BCUT2D eigenvalue weighted by Crippen LogP contribution is 2.38. The van der Waals surface area contributed by atoms with E-state index in [0.29, 0.717) is 0 Å². The summed E-state index contributed by atoms with van der Waals surface area (Å²) in [5.74, 6) is 0. The average Bonchev–Trinajstić information content (AvgIpc) is 3.02. The van der Waals surface area contributed by atoms with Crippen LogP contribution >= 0.6 is 0 Å². The number of fused-ring (bicyclic) bond motifs is 1. The van der Waals surface area contributed by atoms with E-state index >= 15 is 0 Å². The van der Waals surface area contributed by atoms with Crippen molar-refractivity contribution in [2.75, 3.05) is 6.54 Å². The van der Waals surface area contributed by atoms with Crippen LogP contribution in [0, 0.1) is 0 Å². The highest BCUT2D eigenvalue weighted by atomic mass is 16.7. The molecule has 170 valence electrons. The Morgan fingerprint density at radius 2 is 1.70 bits per heavy atom. The number of alkyl carbamates (subject to hydrolysis) is 1. The number of rotatable bonds is 6. The van der Waals surface area contributed by atoms with Crippen LogP contribution in [-0.4, -0.2) is 35.9 Å². The van der Waals surface area contributed by atoms with Gasteiger partial charge in [0.1, 0.15) is 6.61 Å². The van der Waals surface area contributed by atoms with Gasteiger partial charge in [0.05, 0.1) is 16.7 Å². The Bertz CT molecular complexity index is 1150. The van der Waals surface area contributed by atoms with E-state index in [-0.39, 0.29) is 13.2 Å². The van der Waals surface area contributed by atoms with Gasteiger partial charge in [-0.15, -0.1) is 0 Å². The zero-order valence-corrected chi connectivity index (χ0v) is 19.5. The molecule has 2 aromatic carbocycles. The van der Waals surface area contributed by atoms with E-state index < -0.39 is 24.4 Å². The molecule has 1 aliphatic rings. The second-order valence-corrected chi connectivity index (χ2v) is 9.18. The molecule has 1 N–H and O–H groups in total. The molecule has 1 saturated heterocycles. The van der Waals surface area contributed by atoms with Gasteiger partial charge in [-0.25, -0.2) is 4.79 Å². The fourth-order valence-corrected chi connectivity index (χ4v) is 3.53. The lowest BCUT2D eigenvalue weighted by atomic mass is 9.77. The number of nitrogens with one attached hydrogen (secondary N) is 1. The van der Waals surface area contributed by atoms with Gasteiger partial charge in [0.15, 0.2) is 0 Å². The Balaban J connectivity index is 1.52. The van der Waals surface area contributed by atoms with Crippen molar-refractivity contribution in [1.29, 1.82) is 0 Å². The van der Waals surface area contributed by atoms with Crippen molar-refractivity contribution in [2.45, 2.75) is 45.5 Å². The first kappa shape index (κ1) is 23.0. The molecule has 2 heterocycles. The number of hydrogen-bond donors (Lipinski definition) is 1. The second-order valence-electron chi connectivity index (χ2n) is 9.18. The van der Waals surface area contributed by atoms with Crippen LogP contribution in [0.15, 0.2) is 72.3 Å². The number of aromatic nitrogens is 1. The zero-order chi connectivity index (χ0) is 23.5. The number of carbonyl (C=O) groups is 1. The number of para-hydroxylation sites is 1. The zero-order valence-electron chi connectivity index (χ0n) is 19.5. The van der Waals surface area contributed by atoms with Crippen LogP contribution in [0.3, 0.4) is 0 Å². The normalized spacial score (nSPS) is 17.2. The Morgan fingerprint density at radius 1 is 1.03 bits per heavy atom. The SMILES string of the molecule is CC1(C)OB(C(=Cc2cnc3ccccc3c2)CNC(=O)OCc2ccccc2)OC1(C)C. The highest BCUT2D eigenvalue weighted by molar-refractivity contribution is 6.56. The van der Waals surface area contributed by atoms with Crippen LogP contribution in [0.5, 0.6) is 0 Å². The minimum atomic E-state index is -0.601. The molecule has 1 amide bonds. The molecule has 0 unspecified atom stereocenters. The van der Waals surface area contributed by atoms with Gasteiger partial charge >= 0.3 is 13.2 Å². The first-order valence-electron chi connectivity index (χ1n) is 11.1. The van der Waals surface area contributed by atoms with Crippen LogP contribution in [0.1, 0.15) is 38.8 Å². The Hall–Kier alpha value is -3.16. The van der Waals surface area contributed by atoms with E-state index in [4.69, 9.17) is 14.0 Å². The number of amides is 1. The Labute approximate surface area is 195 Å². The molecular weight excluding hydrogens is 415 g/mol. The number of benzene rings is 2. The summed E-state index contributed by atoms with van der Waals surface area (Å²) in [6.45, 7) is 8.44. The lowest BCUT2D eigenvalue weighted by molar-refractivity contribution is 0.00578. The largest absolute Gasteiger partial charge is 0.492 e. The predicted octanol–water partition coefficient (Wildman–Crippen LogP) is 5.18. The fourth-order valence-electron chi connectivity index (χ4n) is 3.53. The molecule has 1 aliphatic heterocycles. The highest BCUT2D eigenvalue weighted by Gasteiger charge is 2.52. The Morgan fingerprint density at radius 3 is 2.42 bits per heavy atom. The van der Waals surface area contributed by atoms with E-state index in [9.17, 15) is 4.79 Å². The van der Waals surface area contributed by atoms with Crippen molar-refractivity contribution in [2.24, 2.45) is 0 Å². The van der Waals surface area contributed by atoms with Crippen LogP contribution < -0.4 is 5.32 Å². The van der Waals surface area contributed by atoms with Crippen LogP contribution in [-0.2, 0) is 20.7 Å². The van der Waals surface area contributed by atoms with Crippen molar-refractivity contribution >= 4 is 30.2 Å². The predicted molar refractivity (Wildman–Crippen MR) is 130 cm³/mol. The third-order valence-corrected chi connectivity index (χ3v) is 6.17. The molecule has 0 atom stereocenters. The smallest absolute Gasteiger partial charge is 0.445 e. The topological polar surface area (TPSA) is 69.7 Å². The lowest BCUT2D eigenvalue weighted by Crippen LogP contribution is -2.41. The molecule has 0 spiro atoms. The molecule has 3 aromatic rings. The van der Waals surface area contributed by atoms with E-state index in [1.54, 1.807) is 6.20 Å². The van der Waals surface area contributed by atoms with Gasteiger partial charge in [0.2, 0.25) is 0 Å². The van der Waals surface area contributed by atoms with Crippen molar-refractivity contribution in [3.8, 4) is 0 Å². The maximum absolute atomic E-state index is 12.4. The minimum Gasteiger partial charge on any atom is -0.445 e. The van der Waals surface area contributed by atoms with E-state index in [2.05, 4.69) is 16.4 Å². The first-order valence-corrected chi connectivity index (χ1v) is 11.1. The maximum atomic E-state index is 12.4. The molecule has 1 aromatic heterocycles. The summed E-state index contributed by atoms with van der Waals surface area (Å²) < 4.78 is 17.8. The van der Waals surface area contributed by atoms with Gasteiger partial charge in [-0.2, -0.15) is 0 Å². The van der Waals surface area contributed by atoms with Gasteiger partial charge in [-0.1, -0.05) is 54.6 Å². The van der Waals surface area contributed by atoms with Crippen molar-refractivity contribution in [3.05, 3.63) is 83.5 Å². The monoisotopic (exact) mass is 444 g/mol. The number of pyridine rings is 1. The molecule has 1 fully saturated rings. The van der Waals surface area contributed by atoms with Gasteiger partial charge in [0.25, 0.3) is 0 Å². The maximum Gasteiger partial charge on any atom is 0.492 e. The van der Waals surface area contributed by atoms with E-state index in [1.807, 2.05) is 88.4 Å². The van der Waals surface area contributed by atoms with Crippen LogP contribution in [0.2, 0.25) is 0 Å². The number of hydrogen-bond acceptors (Lipinski definition) is 5. The second kappa shape index (κ2) is 9.37. The quantitative estimate of drug-likeness (QED) is 0.531. The van der Waals surface area contributed by atoms with Gasteiger partial charge in [0, 0.05) is 18.1 Å². The first-order chi connectivity index (χ1) is 15.7. The van der Waals surface area contributed by atoms with Crippen molar-refractivity contribution < 1.29 is 18.8 Å². The van der Waals surface area contributed by atoms with Crippen molar-refractivity contribution in [1.82, 2.24) is 10.3 Å². The van der Waals surface area contributed by atoms with Gasteiger partial charge < -0.3 is 19.4 Å². The standard InChI is InChI=1S/C26H29BN2O4/c1-25(2)26(3,4)33-27(32-25)22(15-20-14-21-12-8-9-13-23(21)28-16-20)17-29-24(30)31-18-19-10-6-5-7-11-19/h5-16H,17-18H2,1-4H3,(H,29,30). The Kier molecular flexibility index (Phi) is 6.54. The molecule has 0 aliphatic carbocycles. The summed E-state index contributed by atoms with van der Waals surface area (Å²) in [6, 6.07) is 19.6. The molecule has 7 heteroatoms. The molecule has 0 saturated carbocycles. The summed E-state index contributed by atoms with van der Waals surface area (Å²) in [7, 11) is -0.601. The van der Waals surface area contributed by atoms with Gasteiger partial charge in [-0.3, -0.25) is 4.98 Å². The van der Waals surface area contributed by atoms with E-state index in [1.165, 1.54) is 0 Å². The molecule has 6 nitrogen and oxygen atoms in total. The average molecular weight is 444 g/mol. The van der Waals surface area contributed by atoms with Crippen molar-refractivity contribution in [3.63, 3.8) is 0 Å². The summed E-state index contributed by atoms with van der Waals surface area (Å²) in [4.78, 5) is 16.9. The number of carbonyl (C=O) groups excluding carboxylic acids is 1. The lowest BCUT2D eigenvalue weighted by Gasteiger charge is -2.32. The minimum absolute atomic E-state index is 0.205. The summed E-state index contributed by atoms with van der Waals surface area (Å²) in [5.41, 5.74) is 2.55. The summed E-state index contributed by atoms with van der Waals surface area (Å²) >= 11 is 0. The van der Waals surface area contributed by atoms with Crippen LogP contribution in [0.4, 0.5) is 4.79 Å². The van der Waals surface area contributed by atoms with Gasteiger partial charge in [-0.05, 0) is 56.4 Å². The summed E-state index contributed by atoms with van der Waals surface area (Å²) in [5, 5.41) is 3.87. The molecule has 0 bridgehead atoms. The third kappa shape index (κ3) is 5.43.